The van der Waals surface area contributed by atoms with Crippen LogP contribution < -0.4 is 22.3 Å². The number of thioether (sulfide) groups is 1. The summed E-state index contributed by atoms with van der Waals surface area (Å²) >= 11 is 1.50. The molecule has 2 heterocycles. The highest BCUT2D eigenvalue weighted by Crippen LogP contribution is 2.28. The van der Waals surface area contributed by atoms with Gasteiger partial charge in [-0.15, -0.1) is 0 Å². The highest BCUT2D eigenvalue weighted by atomic mass is 79.9. The van der Waals surface area contributed by atoms with Gasteiger partial charge in [0.05, 0.1) is 5.75 Å². The highest BCUT2D eigenvalue weighted by Gasteiger charge is 2.28. The second kappa shape index (κ2) is 5.16. The molecule has 0 bridgehead atoms. The molecule has 1 unspecified atom stereocenters. The normalized spacial score (nSPS) is 23.3. The van der Waals surface area contributed by atoms with E-state index in [-0.39, 0.29) is 28.0 Å². The van der Waals surface area contributed by atoms with E-state index in [0.29, 0.717) is 0 Å². The molecule has 7 heteroatoms. The molecule has 0 fully saturated rings. The summed E-state index contributed by atoms with van der Waals surface area (Å²) in [5, 5.41) is 4.17. The average Bonchev–Trinajstić information content (AvgIpc) is 2.81. The van der Waals surface area contributed by atoms with E-state index in [9.17, 15) is 8.42 Å². The number of nitrogens with zero attached hydrogens (tertiary/aromatic N) is 1. The number of rotatable bonds is 1. The van der Waals surface area contributed by atoms with Crippen LogP contribution in [0.4, 0.5) is 11.4 Å². The van der Waals surface area contributed by atoms with Gasteiger partial charge in [-0.05, 0) is 17.8 Å². The van der Waals surface area contributed by atoms with Gasteiger partial charge in [-0.2, -0.15) is 4.99 Å². The third kappa shape index (κ3) is 2.85. The number of fused-ring (bicyclic) bond motifs is 1. The lowest BCUT2D eigenvalue weighted by molar-refractivity contribution is -0.432. The number of quaternary nitrogens is 1. The molecule has 2 N–H and O–H groups in total. The second-order valence-corrected chi connectivity index (χ2v) is 7.16. The summed E-state index contributed by atoms with van der Waals surface area (Å²) in [4.78, 5) is 4.46. The van der Waals surface area contributed by atoms with E-state index in [0.717, 1.165) is 16.5 Å². The van der Waals surface area contributed by atoms with Crippen LogP contribution in [0.25, 0.3) is 0 Å². The van der Waals surface area contributed by atoms with E-state index in [1.165, 1.54) is 17.2 Å². The van der Waals surface area contributed by atoms with E-state index in [1.54, 1.807) is 6.08 Å². The van der Waals surface area contributed by atoms with Crippen LogP contribution in [0.15, 0.2) is 40.7 Å². The number of para-hydroxylation sites is 2. The van der Waals surface area contributed by atoms with Crippen molar-refractivity contribution in [1.82, 2.24) is 0 Å². The summed E-state index contributed by atoms with van der Waals surface area (Å²) in [5.74, 6) is 0.181. The van der Waals surface area contributed by atoms with Gasteiger partial charge in [0.2, 0.25) is 0 Å². The van der Waals surface area contributed by atoms with Crippen molar-refractivity contribution in [3.8, 4) is 0 Å². The van der Waals surface area contributed by atoms with Crippen molar-refractivity contribution in [2.45, 2.75) is 5.25 Å². The van der Waals surface area contributed by atoms with Crippen molar-refractivity contribution < 1.29 is 30.7 Å². The van der Waals surface area contributed by atoms with Gasteiger partial charge in [-0.1, -0.05) is 18.2 Å². The van der Waals surface area contributed by atoms with Gasteiger partial charge in [0.25, 0.3) is 5.17 Å². The number of amidine groups is 1. The van der Waals surface area contributed by atoms with Crippen LogP contribution >= 0.6 is 11.8 Å². The minimum Gasteiger partial charge on any atom is -1.00 e. The molecule has 1 aromatic carbocycles. The summed E-state index contributed by atoms with van der Waals surface area (Å²) in [6.45, 7) is 0. The number of sulfone groups is 1. The summed E-state index contributed by atoms with van der Waals surface area (Å²) < 4.78 is 22.6. The number of benzene rings is 1. The number of hydrogen-bond donors (Lipinski definition) is 1. The first-order valence-electron chi connectivity index (χ1n) is 5.22. The molecule has 0 aliphatic carbocycles. The van der Waals surface area contributed by atoms with Gasteiger partial charge >= 0.3 is 0 Å². The Kier molecular flexibility index (Phi) is 3.96. The fraction of sp³-hybridized carbons (Fsp3) is 0.182. The zero-order valence-electron chi connectivity index (χ0n) is 9.28. The number of aliphatic imine (C=N–C) groups is 1. The lowest BCUT2D eigenvalue weighted by atomic mass is 10.3. The SMILES string of the molecule is O=S1(=O)C=CC(SC2=Nc3ccccc3[NH2+]2)C1.[Br-]. The van der Waals surface area contributed by atoms with Gasteiger partial charge in [0.1, 0.15) is 5.69 Å². The molecule has 3 rings (SSSR count). The molecule has 0 spiro atoms. The van der Waals surface area contributed by atoms with Gasteiger partial charge in [0.15, 0.2) is 15.5 Å². The lowest BCUT2D eigenvalue weighted by Gasteiger charge is -2.02. The molecule has 0 aromatic heterocycles. The summed E-state index contributed by atoms with van der Waals surface area (Å²) in [6, 6.07) is 7.89. The van der Waals surface area contributed by atoms with Gasteiger partial charge in [-0.25, -0.2) is 8.42 Å². The maximum atomic E-state index is 11.3. The average molecular weight is 347 g/mol. The Hall–Kier alpha value is -0.630. The third-order valence-corrected chi connectivity index (χ3v) is 5.30. The van der Waals surface area contributed by atoms with Gasteiger partial charge in [-0.3, -0.25) is 5.32 Å². The number of halogens is 1. The van der Waals surface area contributed by atoms with Crippen LogP contribution in [0, 0.1) is 0 Å². The third-order valence-electron chi connectivity index (χ3n) is 2.62. The zero-order chi connectivity index (χ0) is 11.9. The largest absolute Gasteiger partial charge is 1.00 e. The predicted molar refractivity (Wildman–Crippen MR) is 69.4 cm³/mol. The van der Waals surface area contributed by atoms with Crippen molar-refractivity contribution in [1.29, 1.82) is 0 Å². The first-order chi connectivity index (χ1) is 8.12. The molecule has 0 saturated carbocycles. The molecule has 1 atom stereocenters. The summed E-state index contributed by atoms with van der Waals surface area (Å²) in [7, 11) is -2.97. The maximum absolute atomic E-state index is 11.3. The molecule has 0 saturated heterocycles. The fourth-order valence-electron chi connectivity index (χ4n) is 1.83. The zero-order valence-corrected chi connectivity index (χ0v) is 12.5. The van der Waals surface area contributed by atoms with E-state index in [2.05, 4.69) is 4.99 Å². The van der Waals surface area contributed by atoms with Crippen LogP contribution in [0.3, 0.4) is 0 Å². The number of nitrogens with two attached hydrogens (primary N) is 1. The van der Waals surface area contributed by atoms with E-state index >= 15 is 0 Å². The minimum atomic E-state index is -2.97. The van der Waals surface area contributed by atoms with Crippen molar-refractivity contribution in [3.05, 3.63) is 35.7 Å². The molecule has 1 aromatic rings. The fourth-order valence-corrected chi connectivity index (χ4v) is 4.69. The molecule has 4 nitrogen and oxygen atoms in total. The van der Waals surface area contributed by atoms with Crippen molar-refractivity contribution in [2.24, 2.45) is 4.99 Å². The van der Waals surface area contributed by atoms with E-state index < -0.39 is 9.84 Å². The Bertz CT molecular complexity index is 626. The summed E-state index contributed by atoms with van der Waals surface area (Å²) in [6.07, 6.45) is 1.74. The monoisotopic (exact) mass is 346 g/mol. The Labute approximate surface area is 120 Å². The Morgan fingerprint density at radius 2 is 2.11 bits per heavy atom. The Balaban J connectivity index is 0.00000120. The maximum Gasteiger partial charge on any atom is 0.266 e. The molecule has 0 amide bonds. The van der Waals surface area contributed by atoms with Crippen LogP contribution in [0.2, 0.25) is 0 Å². The van der Waals surface area contributed by atoms with Crippen LogP contribution in [0.1, 0.15) is 0 Å². The molecule has 2 aliphatic heterocycles. The summed E-state index contributed by atoms with van der Waals surface area (Å²) in [5.41, 5.74) is 2.06. The van der Waals surface area contributed by atoms with Crippen molar-refractivity contribution >= 4 is 38.1 Å². The highest BCUT2D eigenvalue weighted by molar-refractivity contribution is 8.14. The molecule has 18 heavy (non-hydrogen) atoms. The first-order valence-corrected chi connectivity index (χ1v) is 7.82. The quantitative estimate of drug-likeness (QED) is 0.594. The molecule has 96 valence electrons. The predicted octanol–water partition coefficient (Wildman–Crippen LogP) is -2.07. The standard InChI is InChI=1S/C11H10N2O2S2.BrH/c14-17(15)6-5-8(7-17)16-11-12-9-3-1-2-4-10(9)13-11;/h1-6,8H,7H2,(H,12,13);1H. The molecule has 0 radical (unpaired) electrons. The van der Waals surface area contributed by atoms with Crippen LogP contribution in [0.5, 0.6) is 0 Å². The van der Waals surface area contributed by atoms with Gasteiger partial charge in [0, 0.05) is 16.7 Å². The Morgan fingerprint density at radius 1 is 1.33 bits per heavy atom. The topological polar surface area (TPSA) is 63.1 Å². The molecule has 2 aliphatic rings. The van der Waals surface area contributed by atoms with Crippen LogP contribution in [-0.4, -0.2) is 24.6 Å². The molecular formula is C11H11BrN2O2S2. The molecular weight excluding hydrogens is 336 g/mol. The van der Waals surface area contributed by atoms with E-state index in [4.69, 9.17) is 0 Å². The number of hydrogen-bond acceptors (Lipinski definition) is 4. The van der Waals surface area contributed by atoms with Crippen molar-refractivity contribution in [3.63, 3.8) is 0 Å². The lowest BCUT2D eigenvalue weighted by Crippen LogP contribution is -3.00. The second-order valence-electron chi connectivity index (χ2n) is 3.97. The van der Waals surface area contributed by atoms with Crippen LogP contribution in [-0.2, 0) is 9.84 Å². The van der Waals surface area contributed by atoms with Crippen molar-refractivity contribution in [2.75, 3.05) is 5.75 Å². The smallest absolute Gasteiger partial charge is 0.266 e. The minimum absolute atomic E-state index is 0. The van der Waals surface area contributed by atoms with E-state index in [1.807, 2.05) is 29.6 Å². The Morgan fingerprint density at radius 3 is 2.78 bits per heavy atom. The van der Waals surface area contributed by atoms with Gasteiger partial charge < -0.3 is 17.0 Å². The first kappa shape index (κ1) is 13.8.